The number of alkyl halides is 3. The molecular formula is C20H19F3N2O2. The summed E-state index contributed by atoms with van der Waals surface area (Å²) < 4.78 is 48.2. The largest absolute Gasteiger partial charge is 0.497 e. The van der Waals surface area contributed by atoms with Crippen LogP contribution in [0.25, 0.3) is 21.9 Å². The van der Waals surface area contributed by atoms with Crippen LogP contribution in [0.5, 0.6) is 11.6 Å². The highest BCUT2D eigenvalue weighted by atomic mass is 19.4. The summed E-state index contributed by atoms with van der Waals surface area (Å²) in [6.45, 7) is 3.29. The van der Waals surface area contributed by atoms with Gasteiger partial charge >= 0.3 is 6.18 Å². The summed E-state index contributed by atoms with van der Waals surface area (Å²) in [5, 5.41) is 13.9. The molecular weight excluding hydrogens is 357 g/mol. The summed E-state index contributed by atoms with van der Waals surface area (Å²) in [6.07, 6.45) is -4.57. The number of hydrogen-bond donors (Lipinski definition) is 2. The summed E-state index contributed by atoms with van der Waals surface area (Å²) in [6, 6.07) is 8.14. The van der Waals surface area contributed by atoms with Gasteiger partial charge in [-0.1, -0.05) is 6.07 Å². The normalized spacial score (nSPS) is 14.4. The molecule has 27 heavy (non-hydrogen) atoms. The highest BCUT2D eigenvalue weighted by molar-refractivity contribution is 5.97. The lowest BCUT2D eigenvalue weighted by atomic mass is 9.95. The van der Waals surface area contributed by atoms with Gasteiger partial charge in [-0.3, -0.25) is 0 Å². The molecule has 7 heteroatoms. The molecule has 2 aromatic carbocycles. The van der Waals surface area contributed by atoms with Crippen molar-refractivity contribution in [2.24, 2.45) is 0 Å². The van der Waals surface area contributed by atoms with Crippen LogP contribution in [0.1, 0.15) is 16.8 Å². The van der Waals surface area contributed by atoms with Crippen molar-refractivity contribution in [1.29, 1.82) is 0 Å². The maximum atomic E-state index is 13.8. The summed E-state index contributed by atoms with van der Waals surface area (Å²) in [7, 11) is 1.55. The maximum Gasteiger partial charge on any atom is 0.417 e. The first-order chi connectivity index (χ1) is 12.8. The van der Waals surface area contributed by atoms with E-state index in [0.29, 0.717) is 47.6 Å². The minimum Gasteiger partial charge on any atom is -0.497 e. The summed E-state index contributed by atoms with van der Waals surface area (Å²) >= 11 is 0. The third-order valence-electron chi connectivity index (χ3n) is 5.11. The first kappa shape index (κ1) is 17.7. The topological polar surface area (TPSA) is 46.4 Å². The van der Waals surface area contributed by atoms with Crippen molar-refractivity contribution in [3.8, 4) is 22.8 Å². The molecule has 0 bridgehead atoms. The molecule has 0 fully saturated rings. The molecule has 0 spiro atoms. The molecule has 1 aliphatic heterocycles. The second-order valence-electron chi connectivity index (χ2n) is 6.72. The number of rotatable bonds is 2. The Hall–Kier alpha value is -2.67. The molecule has 4 nitrogen and oxygen atoms in total. The summed E-state index contributed by atoms with van der Waals surface area (Å²) in [4.78, 5) is 0. The number of aryl methyl sites for hydroxylation is 1. The van der Waals surface area contributed by atoms with Gasteiger partial charge in [0, 0.05) is 30.7 Å². The minimum absolute atomic E-state index is 0.129. The number of halogens is 3. The predicted molar refractivity (Wildman–Crippen MR) is 97.0 cm³/mol. The van der Waals surface area contributed by atoms with E-state index in [4.69, 9.17) is 4.74 Å². The quantitative estimate of drug-likeness (QED) is 0.695. The molecule has 0 atom stereocenters. The zero-order valence-electron chi connectivity index (χ0n) is 14.9. The van der Waals surface area contributed by atoms with Gasteiger partial charge in [0.15, 0.2) is 5.88 Å². The van der Waals surface area contributed by atoms with E-state index in [1.807, 2.05) is 6.92 Å². The lowest BCUT2D eigenvalue weighted by Crippen LogP contribution is -2.27. The second-order valence-corrected chi connectivity index (χ2v) is 6.72. The van der Waals surface area contributed by atoms with Crippen LogP contribution >= 0.6 is 0 Å². The van der Waals surface area contributed by atoms with Crippen molar-refractivity contribution in [2.75, 3.05) is 13.7 Å². The van der Waals surface area contributed by atoms with Crippen LogP contribution in [0.4, 0.5) is 13.2 Å². The van der Waals surface area contributed by atoms with E-state index < -0.39 is 11.7 Å². The molecule has 3 aromatic rings. The van der Waals surface area contributed by atoms with E-state index in [1.54, 1.807) is 35.9 Å². The second kappa shape index (κ2) is 6.20. The number of aromatic hydroxyl groups is 1. The molecule has 0 unspecified atom stereocenters. The average molecular weight is 376 g/mol. The molecule has 0 saturated carbocycles. The Bertz CT molecular complexity index is 1040. The van der Waals surface area contributed by atoms with Gasteiger partial charge in [-0.15, -0.1) is 0 Å². The number of aromatic nitrogens is 1. The number of fused-ring (bicyclic) bond motifs is 3. The number of benzene rings is 2. The smallest absolute Gasteiger partial charge is 0.417 e. The van der Waals surface area contributed by atoms with Gasteiger partial charge in [0.05, 0.1) is 18.1 Å². The molecule has 4 rings (SSSR count). The number of nitrogens with one attached hydrogen (secondary N) is 1. The number of nitrogens with zero attached hydrogens (tertiary/aromatic N) is 1. The van der Waals surface area contributed by atoms with Gasteiger partial charge in [-0.25, -0.2) is 0 Å². The van der Waals surface area contributed by atoms with E-state index >= 15 is 0 Å². The molecule has 0 aliphatic carbocycles. The van der Waals surface area contributed by atoms with E-state index in [1.165, 1.54) is 0 Å². The van der Waals surface area contributed by atoms with Crippen LogP contribution in [0.3, 0.4) is 0 Å². The fraction of sp³-hybridized carbons (Fsp3) is 0.300. The third-order valence-corrected chi connectivity index (χ3v) is 5.11. The molecule has 0 radical (unpaired) electrons. The van der Waals surface area contributed by atoms with Gasteiger partial charge in [-0.2, -0.15) is 13.2 Å². The van der Waals surface area contributed by atoms with Crippen LogP contribution in [-0.2, 0) is 19.3 Å². The van der Waals surface area contributed by atoms with Crippen LogP contribution in [0.2, 0.25) is 0 Å². The maximum absolute atomic E-state index is 13.8. The molecule has 1 aliphatic rings. The number of methoxy groups -OCH3 is 1. The lowest BCUT2D eigenvalue weighted by Gasteiger charge is -2.17. The van der Waals surface area contributed by atoms with E-state index in [-0.39, 0.29) is 11.3 Å². The Morgan fingerprint density at radius 1 is 1.19 bits per heavy atom. The fourth-order valence-corrected chi connectivity index (χ4v) is 3.81. The summed E-state index contributed by atoms with van der Waals surface area (Å²) in [5.41, 5.74) is 1.84. The Morgan fingerprint density at radius 2 is 1.96 bits per heavy atom. The molecule has 0 amide bonds. The van der Waals surface area contributed by atoms with Gasteiger partial charge < -0.3 is 19.7 Å². The van der Waals surface area contributed by atoms with Crippen LogP contribution in [0.15, 0.2) is 30.3 Å². The Morgan fingerprint density at radius 3 is 2.63 bits per heavy atom. The Kier molecular flexibility index (Phi) is 4.07. The predicted octanol–water partition coefficient (Wildman–Crippen LogP) is 4.45. The van der Waals surface area contributed by atoms with Crippen molar-refractivity contribution < 1.29 is 23.0 Å². The first-order valence-electron chi connectivity index (χ1n) is 8.62. The van der Waals surface area contributed by atoms with E-state index in [2.05, 4.69) is 5.32 Å². The van der Waals surface area contributed by atoms with Gasteiger partial charge in [-0.05, 0) is 47.9 Å². The zero-order valence-corrected chi connectivity index (χ0v) is 14.9. The molecule has 142 valence electrons. The number of hydrogen-bond acceptors (Lipinski definition) is 3. The van der Waals surface area contributed by atoms with E-state index in [0.717, 1.165) is 11.6 Å². The average Bonchev–Trinajstić information content (AvgIpc) is 2.93. The zero-order chi connectivity index (χ0) is 19.3. The minimum atomic E-state index is -4.57. The van der Waals surface area contributed by atoms with Gasteiger partial charge in [0.2, 0.25) is 0 Å². The third kappa shape index (κ3) is 2.82. The van der Waals surface area contributed by atoms with Crippen molar-refractivity contribution >= 4 is 10.8 Å². The van der Waals surface area contributed by atoms with E-state index in [9.17, 15) is 18.3 Å². The Balaban J connectivity index is 2.04. The molecule has 2 heterocycles. The summed E-state index contributed by atoms with van der Waals surface area (Å²) in [5.74, 6) is 0.336. The highest BCUT2D eigenvalue weighted by Crippen LogP contribution is 2.45. The molecule has 1 aromatic heterocycles. The number of ether oxygens (including phenoxy) is 1. The van der Waals surface area contributed by atoms with Gasteiger partial charge in [0.25, 0.3) is 0 Å². The van der Waals surface area contributed by atoms with Crippen LogP contribution in [-0.4, -0.2) is 23.3 Å². The Labute approximate surface area is 154 Å². The standard InChI is InChI=1S/C20H19F3N2O2/c1-11-7-13(27-2)3-4-14(11)12-8-15-17-10-24-5-6-25(17)19(26)18(15)16(9-12)20(21,22)23/h3-4,7-9,24,26H,5-6,10H2,1-2H3. The molecule has 2 N–H and O–H groups in total. The first-order valence-corrected chi connectivity index (χ1v) is 8.62. The van der Waals surface area contributed by atoms with Crippen molar-refractivity contribution in [3.05, 3.63) is 47.2 Å². The fourth-order valence-electron chi connectivity index (χ4n) is 3.81. The van der Waals surface area contributed by atoms with Gasteiger partial charge in [0.1, 0.15) is 5.75 Å². The van der Waals surface area contributed by atoms with Crippen molar-refractivity contribution in [2.45, 2.75) is 26.2 Å². The van der Waals surface area contributed by atoms with Crippen molar-refractivity contribution in [3.63, 3.8) is 0 Å². The molecule has 0 saturated heterocycles. The SMILES string of the molecule is COc1ccc(-c2cc(C(F)(F)F)c3c(O)n4c(c3c2)CNCC4)c(C)c1. The lowest BCUT2D eigenvalue weighted by molar-refractivity contribution is -0.136. The van der Waals surface area contributed by atoms with Crippen molar-refractivity contribution in [1.82, 2.24) is 9.88 Å². The van der Waals surface area contributed by atoms with Crippen LogP contribution < -0.4 is 10.1 Å². The monoisotopic (exact) mass is 376 g/mol. The highest BCUT2D eigenvalue weighted by Gasteiger charge is 2.36. The van der Waals surface area contributed by atoms with Crippen LogP contribution in [0, 0.1) is 6.92 Å².